The third kappa shape index (κ3) is 5.03. The van der Waals surface area contributed by atoms with Crippen molar-refractivity contribution in [2.24, 2.45) is 0 Å². The van der Waals surface area contributed by atoms with Crippen LogP contribution in [0, 0.1) is 11.6 Å². The van der Waals surface area contributed by atoms with Gasteiger partial charge in [-0.2, -0.15) is 0 Å². The number of hydrogen-bond donors (Lipinski definition) is 2. The highest BCUT2D eigenvalue weighted by Gasteiger charge is 2.32. The molecule has 1 amide bonds. The molecule has 1 fully saturated rings. The number of benzene rings is 2. The Bertz CT molecular complexity index is 852. The van der Waals surface area contributed by atoms with Gasteiger partial charge in [0.05, 0.1) is 11.8 Å². The molecule has 1 aliphatic carbocycles. The van der Waals surface area contributed by atoms with E-state index in [9.17, 15) is 18.4 Å². The zero-order valence-electron chi connectivity index (χ0n) is 15.8. The molecule has 0 spiro atoms. The first-order valence-corrected chi connectivity index (χ1v) is 8.87. The molecule has 2 aromatic rings. The smallest absolute Gasteiger partial charge is 0.258 e. The SMILES string of the molecule is C=CO.CC(C)(NC(=O)c1c(F)cccc1F)C(=O)c1ccc(C2CC2)cc1. The molecular weight excluding hydrogens is 364 g/mol. The van der Waals surface area contributed by atoms with Crippen molar-refractivity contribution in [3.8, 4) is 0 Å². The first kappa shape index (κ1) is 21.3. The number of nitrogens with one attached hydrogen (secondary N) is 1. The van der Waals surface area contributed by atoms with Crippen molar-refractivity contribution >= 4 is 11.7 Å². The maximum atomic E-state index is 13.7. The average Bonchev–Trinajstić information content (AvgIpc) is 3.46. The lowest BCUT2D eigenvalue weighted by atomic mass is 9.92. The fourth-order valence-electron chi connectivity index (χ4n) is 2.80. The summed E-state index contributed by atoms with van der Waals surface area (Å²) in [6.07, 6.45) is 3.09. The van der Waals surface area contributed by atoms with Crippen LogP contribution in [0.5, 0.6) is 0 Å². The number of carbonyl (C=O) groups is 2. The van der Waals surface area contributed by atoms with Gasteiger partial charge in [0.25, 0.3) is 5.91 Å². The lowest BCUT2D eigenvalue weighted by Gasteiger charge is -2.25. The number of aliphatic hydroxyl groups excluding tert-OH is 1. The van der Waals surface area contributed by atoms with Gasteiger partial charge in [0.2, 0.25) is 0 Å². The van der Waals surface area contributed by atoms with Crippen molar-refractivity contribution in [3.63, 3.8) is 0 Å². The Hall–Kier alpha value is -3.02. The van der Waals surface area contributed by atoms with Crippen molar-refractivity contribution in [2.75, 3.05) is 0 Å². The summed E-state index contributed by atoms with van der Waals surface area (Å²) in [5, 5.41) is 9.77. The van der Waals surface area contributed by atoms with E-state index in [1.165, 1.54) is 38.3 Å². The summed E-state index contributed by atoms with van der Waals surface area (Å²) in [4.78, 5) is 24.9. The molecule has 0 saturated heterocycles. The first-order valence-electron chi connectivity index (χ1n) is 8.87. The van der Waals surface area contributed by atoms with Gasteiger partial charge < -0.3 is 10.4 Å². The molecule has 0 bridgehead atoms. The third-order valence-corrected chi connectivity index (χ3v) is 4.41. The maximum absolute atomic E-state index is 13.7. The van der Waals surface area contributed by atoms with Crippen molar-refractivity contribution in [3.05, 3.63) is 83.6 Å². The van der Waals surface area contributed by atoms with Crippen LogP contribution in [0.25, 0.3) is 0 Å². The molecule has 28 heavy (non-hydrogen) atoms. The third-order valence-electron chi connectivity index (χ3n) is 4.41. The summed E-state index contributed by atoms with van der Waals surface area (Å²) in [5.74, 6) is -2.62. The standard InChI is InChI=1S/C20H19F2NO2.C2H4O/c1-20(2,23-19(25)17-15(21)4-3-5-16(17)22)18(24)14-10-8-13(9-11-14)12-6-7-12;1-2-3/h3-5,8-12H,6-7H2,1-2H3,(H,23,25);2-3H,1H2. The van der Waals surface area contributed by atoms with Gasteiger partial charge in [-0.15, -0.1) is 0 Å². The van der Waals surface area contributed by atoms with Crippen molar-refractivity contribution in [1.82, 2.24) is 5.32 Å². The zero-order valence-corrected chi connectivity index (χ0v) is 15.8. The lowest BCUT2D eigenvalue weighted by molar-refractivity contribution is 0.0793. The Morgan fingerprint density at radius 2 is 1.61 bits per heavy atom. The molecular formula is C22H23F2NO3. The number of rotatable bonds is 5. The molecule has 0 heterocycles. The second-order valence-electron chi connectivity index (χ2n) is 7.08. The topological polar surface area (TPSA) is 66.4 Å². The van der Waals surface area contributed by atoms with Crippen LogP contribution in [0.15, 0.2) is 55.3 Å². The molecule has 0 aliphatic heterocycles. The van der Waals surface area contributed by atoms with Gasteiger partial charge in [-0.3, -0.25) is 9.59 Å². The predicted molar refractivity (Wildman–Crippen MR) is 103 cm³/mol. The van der Waals surface area contributed by atoms with Crippen molar-refractivity contribution in [1.29, 1.82) is 0 Å². The number of amides is 1. The molecule has 1 saturated carbocycles. The number of ketones is 1. The van der Waals surface area contributed by atoms with Crippen LogP contribution in [0.2, 0.25) is 0 Å². The number of carbonyl (C=O) groups excluding carboxylic acids is 2. The van der Waals surface area contributed by atoms with Crippen LogP contribution in [0.1, 0.15) is 58.9 Å². The highest BCUT2D eigenvalue weighted by Crippen LogP contribution is 2.40. The molecule has 0 unspecified atom stereocenters. The highest BCUT2D eigenvalue weighted by molar-refractivity contribution is 6.06. The minimum Gasteiger partial charge on any atom is -0.516 e. The second-order valence-corrected chi connectivity index (χ2v) is 7.08. The van der Waals surface area contributed by atoms with Crippen LogP contribution in [-0.4, -0.2) is 22.3 Å². The van der Waals surface area contributed by atoms with Crippen molar-refractivity contribution < 1.29 is 23.5 Å². The van der Waals surface area contributed by atoms with Crippen LogP contribution in [-0.2, 0) is 0 Å². The highest BCUT2D eigenvalue weighted by atomic mass is 19.1. The van der Waals surface area contributed by atoms with E-state index in [4.69, 9.17) is 5.11 Å². The first-order chi connectivity index (χ1) is 13.2. The van der Waals surface area contributed by atoms with Gasteiger partial charge in [-0.05, 0) is 50.3 Å². The normalized spacial score (nSPS) is 13.1. The molecule has 4 nitrogen and oxygen atoms in total. The van der Waals surface area contributed by atoms with E-state index >= 15 is 0 Å². The molecule has 148 valence electrons. The average molecular weight is 387 g/mol. The van der Waals surface area contributed by atoms with Gasteiger partial charge >= 0.3 is 0 Å². The predicted octanol–water partition coefficient (Wildman–Crippen LogP) is 4.92. The van der Waals surface area contributed by atoms with Gasteiger partial charge in [0.15, 0.2) is 5.78 Å². The largest absolute Gasteiger partial charge is 0.516 e. The molecule has 0 atom stereocenters. The fraction of sp³-hybridized carbons (Fsp3) is 0.273. The molecule has 1 aliphatic rings. The van der Waals surface area contributed by atoms with E-state index < -0.39 is 28.6 Å². The number of Topliss-reactive ketones (excluding diaryl/α,β-unsaturated/α-hetero) is 1. The van der Waals surface area contributed by atoms with Gasteiger partial charge in [0.1, 0.15) is 17.2 Å². The Labute approximate surface area is 162 Å². The molecule has 6 heteroatoms. The number of aliphatic hydroxyl groups is 1. The van der Waals surface area contributed by atoms with E-state index in [0.717, 1.165) is 18.4 Å². The van der Waals surface area contributed by atoms with E-state index in [1.54, 1.807) is 12.1 Å². The van der Waals surface area contributed by atoms with Crippen molar-refractivity contribution in [2.45, 2.75) is 38.1 Å². The zero-order chi connectivity index (χ0) is 20.9. The molecule has 3 rings (SSSR count). The number of halogens is 2. The monoisotopic (exact) mass is 387 g/mol. The summed E-state index contributed by atoms with van der Waals surface area (Å²) in [6, 6.07) is 10.5. The van der Waals surface area contributed by atoms with Gasteiger partial charge in [-0.1, -0.05) is 36.9 Å². The fourth-order valence-corrected chi connectivity index (χ4v) is 2.80. The second kappa shape index (κ2) is 8.78. The van der Waals surface area contributed by atoms with Crippen LogP contribution < -0.4 is 5.32 Å². The molecule has 2 aromatic carbocycles. The van der Waals surface area contributed by atoms with E-state index in [-0.39, 0.29) is 5.78 Å². The van der Waals surface area contributed by atoms with E-state index in [2.05, 4.69) is 11.9 Å². The Balaban J connectivity index is 0.000000878. The van der Waals surface area contributed by atoms with Gasteiger partial charge in [0, 0.05) is 5.56 Å². The molecule has 2 N–H and O–H groups in total. The molecule has 0 radical (unpaired) electrons. The minimum absolute atomic E-state index is 0.319. The van der Waals surface area contributed by atoms with E-state index in [1.807, 2.05) is 12.1 Å². The van der Waals surface area contributed by atoms with E-state index in [0.29, 0.717) is 11.5 Å². The minimum atomic E-state index is -1.30. The Kier molecular flexibility index (Phi) is 6.67. The summed E-state index contributed by atoms with van der Waals surface area (Å²) in [7, 11) is 0. The Morgan fingerprint density at radius 1 is 1.11 bits per heavy atom. The summed E-state index contributed by atoms with van der Waals surface area (Å²) < 4.78 is 27.5. The number of hydrogen-bond acceptors (Lipinski definition) is 3. The summed E-state index contributed by atoms with van der Waals surface area (Å²) in [5.41, 5.74) is -0.338. The van der Waals surface area contributed by atoms with Crippen LogP contribution in [0.4, 0.5) is 8.78 Å². The maximum Gasteiger partial charge on any atom is 0.258 e. The summed E-state index contributed by atoms with van der Waals surface area (Å²) >= 11 is 0. The quantitative estimate of drug-likeness (QED) is 0.565. The summed E-state index contributed by atoms with van der Waals surface area (Å²) in [6.45, 7) is 5.95. The van der Waals surface area contributed by atoms with Gasteiger partial charge in [-0.25, -0.2) is 8.78 Å². The van der Waals surface area contributed by atoms with Crippen LogP contribution in [0.3, 0.4) is 0 Å². The lowest BCUT2D eigenvalue weighted by Crippen LogP contribution is -2.50. The Morgan fingerprint density at radius 3 is 2.07 bits per heavy atom. The molecule has 0 aromatic heterocycles. The van der Waals surface area contributed by atoms with Crippen LogP contribution >= 0.6 is 0 Å².